The molecular weight excluding hydrogens is 214 g/mol. The molecule has 4 heteroatoms. The van der Waals surface area contributed by atoms with Crippen molar-refractivity contribution in [2.24, 2.45) is 0 Å². The number of nitrogens with zero attached hydrogens (tertiary/aromatic N) is 2. The monoisotopic (exact) mass is 227 g/mol. The van der Waals surface area contributed by atoms with E-state index in [2.05, 4.69) is 9.97 Å². The van der Waals surface area contributed by atoms with Gasteiger partial charge < -0.3 is 10.5 Å². The van der Waals surface area contributed by atoms with Crippen molar-refractivity contribution < 1.29 is 4.74 Å². The molecule has 1 aromatic heterocycles. The normalized spacial score (nSPS) is 10.6. The van der Waals surface area contributed by atoms with Gasteiger partial charge in [0.05, 0.1) is 12.4 Å². The van der Waals surface area contributed by atoms with Gasteiger partial charge in [0.2, 0.25) is 5.88 Å². The third-order valence-electron chi connectivity index (χ3n) is 2.11. The van der Waals surface area contributed by atoms with Crippen molar-refractivity contribution in [1.29, 1.82) is 0 Å². The van der Waals surface area contributed by atoms with Gasteiger partial charge in [0.25, 0.3) is 0 Å². The quantitative estimate of drug-likeness (QED) is 0.875. The minimum absolute atomic E-state index is 0.339. The zero-order valence-electron chi connectivity index (χ0n) is 9.50. The molecular formula is C13H13N3O. The highest BCUT2D eigenvalue weighted by Gasteiger charge is 2.03. The van der Waals surface area contributed by atoms with Crippen molar-refractivity contribution in [2.75, 3.05) is 5.73 Å². The van der Waals surface area contributed by atoms with E-state index in [1.807, 2.05) is 43.3 Å². The molecule has 0 saturated carbocycles. The molecule has 1 heterocycles. The van der Waals surface area contributed by atoms with Gasteiger partial charge in [-0.3, -0.25) is 4.98 Å². The van der Waals surface area contributed by atoms with Crippen LogP contribution in [0.15, 0.2) is 42.7 Å². The number of benzene rings is 1. The highest BCUT2D eigenvalue weighted by atomic mass is 16.5. The number of ether oxygens (including phenoxy) is 1. The van der Waals surface area contributed by atoms with Crippen LogP contribution in [0.5, 0.6) is 11.6 Å². The summed E-state index contributed by atoms with van der Waals surface area (Å²) in [6.07, 6.45) is 6.93. The Balaban J connectivity index is 2.29. The molecule has 0 amide bonds. The second-order valence-electron chi connectivity index (χ2n) is 3.42. The summed E-state index contributed by atoms with van der Waals surface area (Å²) in [5.41, 5.74) is 6.53. The van der Waals surface area contributed by atoms with E-state index < -0.39 is 0 Å². The molecule has 1 aromatic carbocycles. The van der Waals surface area contributed by atoms with E-state index in [4.69, 9.17) is 10.5 Å². The SMILES string of the molecule is C/C=C/c1ccccc1Oc1cncc(N)n1. The lowest BCUT2D eigenvalue weighted by Gasteiger charge is -2.07. The first kappa shape index (κ1) is 11.1. The third kappa shape index (κ3) is 2.81. The topological polar surface area (TPSA) is 61.0 Å². The van der Waals surface area contributed by atoms with E-state index in [0.29, 0.717) is 11.7 Å². The lowest BCUT2D eigenvalue weighted by Crippen LogP contribution is -1.95. The van der Waals surface area contributed by atoms with Crippen LogP contribution in [0.3, 0.4) is 0 Å². The molecule has 0 fully saturated rings. The fraction of sp³-hybridized carbons (Fsp3) is 0.0769. The number of hydrogen-bond acceptors (Lipinski definition) is 4. The summed E-state index contributed by atoms with van der Waals surface area (Å²) < 4.78 is 5.64. The van der Waals surface area contributed by atoms with Crippen LogP contribution in [0.1, 0.15) is 12.5 Å². The molecule has 0 aliphatic carbocycles. The van der Waals surface area contributed by atoms with Crippen LogP contribution in [-0.4, -0.2) is 9.97 Å². The summed E-state index contributed by atoms with van der Waals surface area (Å²) in [6, 6.07) is 7.70. The number of nitrogen functional groups attached to an aromatic ring is 1. The summed E-state index contributed by atoms with van der Waals surface area (Å²) in [5, 5.41) is 0. The minimum Gasteiger partial charge on any atom is -0.437 e. The van der Waals surface area contributed by atoms with Gasteiger partial charge >= 0.3 is 0 Å². The van der Waals surface area contributed by atoms with Crippen LogP contribution in [-0.2, 0) is 0 Å². The smallest absolute Gasteiger partial charge is 0.239 e. The average molecular weight is 227 g/mol. The summed E-state index contributed by atoms with van der Waals surface area (Å²) >= 11 is 0. The van der Waals surface area contributed by atoms with Crippen LogP contribution in [0, 0.1) is 0 Å². The molecule has 0 radical (unpaired) electrons. The van der Waals surface area contributed by atoms with Crippen molar-refractivity contribution in [1.82, 2.24) is 9.97 Å². The van der Waals surface area contributed by atoms with Gasteiger partial charge in [-0.1, -0.05) is 30.4 Å². The molecule has 0 aliphatic heterocycles. The molecule has 2 N–H and O–H groups in total. The van der Waals surface area contributed by atoms with Crippen LogP contribution < -0.4 is 10.5 Å². The van der Waals surface area contributed by atoms with Crippen molar-refractivity contribution in [3.8, 4) is 11.6 Å². The molecule has 0 aliphatic rings. The van der Waals surface area contributed by atoms with Gasteiger partial charge in [-0.15, -0.1) is 0 Å². The van der Waals surface area contributed by atoms with E-state index in [1.165, 1.54) is 12.4 Å². The molecule has 2 rings (SSSR count). The van der Waals surface area contributed by atoms with E-state index in [-0.39, 0.29) is 0 Å². The summed E-state index contributed by atoms with van der Waals surface area (Å²) in [4.78, 5) is 7.96. The molecule has 0 spiro atoms. The predicted molar refractivity (Wildman–Crippen MR) is 67.7 cm³/mol. The molecule has 0 bridgehead atoms. The fourth-order valence-electron chi connectivity index (χ4n) is 1.41. The van der Waals surface area contributed by atoms with Crippen molar-refractivity contribution in [3.05, 3.63) is 48.3 Å². The molecule has 0 atom stereocenters. The van der Waals surface area contributed by atoms with Crippen LogP contribution >= 0.6 is 0 Å². The third-order valence-corrected chi connectivity index (χ3v) is 2.11. The Hall–Kier alpha value is -2.36. The number of aromatic nitrogens is 2. The number of allylic oxidation sites excluding steroid dienone is 1. The number of rotatable bonds is 3. The molecule has 17 heavy (non-hydrogen) atoms. The molecule has 0 unspecified atom stereocenters. The number of anilines is 1. The summed E-state index contributed by atoms with van der Waals surface area (Å²) in [5.74, 6) is 1.46. The number of nitrogens with two attached hydrogens (primary N) is 1. The first-order valence-corrected chi connectivity index (χ1v) is 5.26. The van der Waals surface area contributed by atoms with Gasteiger partial charge in [-0.25, -0.2) is 0 Å². The van der Waals surface area contributed by atoms with E-state index >= 15 is 0 Å². The van der Waals surface area contributed by atoms with Crippen LogP contribution in [0.2, 0.25) is 0 Å². The largest absolute Gasteiger partial charge is 0.437 e. The Kier molecular flexibility index (Phi) is 3.35. The highest BCUT2D eigenvalue weighted by Crippen LogP contribution is 2.24. The lowest BCUT2D eigenvalue weighted by atomic mass is 10.2. The van der Waals surface area contributed by atoms with E-state index in [1.54, 1.807) is 0 Å². The lowest BCUT2D eigenvalue weighted by molar-refractivity contribution is 0.460. The standard InChI is InChI=1S/C13H13N3O/c1-2-5-10-6-3-4-7-11(10)17-13-9-15-8-12(14)16-13/h2-9H,1H3,(H2,14,16)/b5-2+. The molecule has 86 valence electrons. The number of para-hydroxylation sites is 1. The fourth-order valence-corrected chi connectivity index (χ4v) is 1.41. The zero-order valence-corrected chi connectivity index (χ0v) is 9.50. The average Bonchev–Trinajstić information content (AvgIpc) is 2.32. The van der Waals surface area contributed by atoms with Crippen LogP contribution in [0.4, 0.5) is 5.82 Å². The zero-order chi connectivity index (χ0) is 12.1. The Bertz CT molecular complexity index is 538. The maximum Gasteiger partial charge on any atom is 0.239 e. The van der Waals surface area contributed by atoms with Gasteiger partial charge in [-0.05, 0) is 13.0 Å². The Morgan fingerprint density at radius 2 is 2.06 bits per heavy atom. The van der Waals surface area contributed by atoms with E-state index in [0.717, 1.165) is 11.3 Å². The van der Waals surface area contributed by atoms with Crippen molar-refractivity contribution in [3.63, 3.8) is 0 Å². The maximum atomic E-state index is 5.64. The Labute approximate surface area is 99.8 Å². The molecule has 2 aromatic rings. The Morgan fingerprint density at radius 1 is 1.24 bits per heavy atom. The van der Waals surface area contributed by atoms with E-state index in [9.17, 15) is 0 Å². The van der Waals surface area contributed by atoms with Crippen molar-refractivity contribution >= 4 is 11.9 Å². The van der Waals surface area contributed by atoms with Gasteiger partial charge in [0.1, 0.15) is 11.6 Å². The van der Waals surface area contributed by atoms with Gasteiger partial charge in [0.15, 0.2) is 0 Å². The van der Waals surface area contributed by atoms with Gasteiger partial charge in [-0.2, -0.15) is 4.98 Å². The Morgan fingerprint density at radius 3 is 2.82 bits per heavy atom. The number of hydrogen-bond donors (Lipinski definition) is 1. The first-order chi connectivity index (χ1) is 8.29. The molecule has 4 nitrogen and oxygen atoms in total. The summed E-state index contributed by atoms with van der Waals surface area (Å²) in [6.45, 7) is 1.96. The summed E-state index contributed by atoms with van der Waals surface area (Å²) in [7, 11) is 0. The minimum atomic E-state index is 0.339. The molecule has 0 saturated heterocycles. The second kappa shape index (κ2) is 5.12. The predicted octanol–water partition coefficient (Wildman–Crippen LogP) is 2.88. The van der Waals surface area contributed by atoms with Crippen molar-refractivity contribution in [2.45, 2.75) is 6.92 Å². The van der Waals surface area contributed by atoms with Gasteiger partial charge in [0, 0.05) is 5.56 Å². The highest BCUT2D eigenvalue weighted by molar-refractivity contribution is 5.57. The second-order valence-corrected chi connectivity index (χ2v) is 3.42. The van der Waals surface area contributed by atoms with Crippen LogP contribution in [0.25, 0.3) is 6.08 Å². The first-order valence-electron chi connectivity index (χ1n) is 5.26. The maximum absolute atomic E-state index is 5.64.